The Kier molecular flexibility index (Phi) is 5.09. The molecule has 0 saturated carbocycles. The van der Waals surface area contributed by atoms with E-state index in [9.17, 15) is 4.79 Å². The molecule has 5 nitrogen and oxygen atoms in total. The molecule has 0 N–H and O–H groups in total. The van der Waals surface area contributed by atoms with Crippen molar-refractivity contribution in [3.05, 3.63) is 24.0 Å². The first-order chi connectivity index (χ1) is 11.5. The van der Waals surface area contributed by atoms with Crippen LogP contribution in [-0.2, 0) is 4.79 Å². The molecule has 2 aliphatic heterocycles. The minimum atomic E-state index is 0.260. The van der Waals surface area contributed by atoms with Gasteiger partial charge in [0.25, 0.3) is 0 Å². The van der Waals surface area contributed by atoms with Gasteiger partial charge in [-0.1, -0.05) is 0 Å². The molecule has 24 heavy (non-hydrogen) atoms. The normalized spacial score (nSPS) is 24.9. The lowest BCUT2D eigenvalue weighted by Crippen LogP contribution is -2.55. The fourth-order valence-electron chi connectivity index (χ4n) is 4.12. The quantitative estimate of drug-likeness (QED) is 0.848. The monoisotopic (exact) mass is 330 g/mol. The van der Waals surface area contributed by atoms with Crippen molar-refractivity contribution in [3.63, 3.8) is 0 Å². The lowest BCUT2D eigenvalue weighted by molar-refractivity contribution is -0.138. The van der Waals surface area contributed by atoms with E-state index in [0.717, 1.165) is 44.8 Å². The predicted molar refractivity (Wildman–Crippen MR) is 97.2 cm³/mol. The molecular formula is C19H30N4O. The Bertz CT molecular complexity index is 588. The fourth-order valence-corrected chi connectivity index (χ4v) is 4.12. The van der Waals surface area contributed by atoms with E-state index in [0.29, 0.717) is 12.3 Å². The number of hydrogen-bond acceptors (Lipinski definition) is 4. The third-order valence-electron chi connectivity index (χ3n) is 5.47. The minimum absolute atomic E-state index is 0.260. The summed E-state index contributed by atoms with van der Waals surface area (Å²) in [7, 11) is 4.14. The number of anilines is 1. The lowest BCUT2D eigenvalue weighted by Gasteiger charge is -2.49. The molecule has 2 saturated heterocycles. The van der Waals surface area contributed by atoms with E-state index in [1.165, 1.54) is 18.5 Å². The number of hydrogen-bond donors (Lipinski definition) is 0. The van der Waals surface area contributed by atoms with Crippen molar-refractivity contribution in [1.29, 1.82) is 0 Å². The summed E-state index contributed by atoms with van der Waals surface area (Å²) in [5.41, 5.74) is 2.60. The maximum atomic E-state index is 12.3. The summed E-state index contributed by atoms with van der Waals surface area (Å²) in [6.07, 6.45) is 6.08. The van der Waals surface area contributed by atoms with Gasteiger partial charge in [0.15, 0.2) is 0 Å². The summed E-state index contributed by atoms with van der Waals surface area (Å²) in [5.74, 6) is 0.333. The van der Waals surface area contributed by atoms with Gasteiger partial charge < -0.3 is 14.7 Å². The SMILES string of the molecule is Cc1cc(N2CCC[C@@]3(CCC(=O)N(CCN(C)C)C3)C2)ccn1. The largest absolute Gasteiger partial charge is 0.371 e. The van der Waals surface area contributed by atoms with E-state index in [4.69, 9.17) is 0 Å². The fraction of sp³-hybridized carbons (Fsp3) is 0.684. The summed E-state index contributed by atoms with van der Waals surface area (Å²) < 4.78 is 0. The maximum Gasteiger partial charge on any atom is 0.222 e. The van der Waals surface area contributed by atoms with Gasteiger partial charge in [-0.2, -0.15) is 0 Å². The molecule has 1 aromatic heterocycles. The number of likely N-dealkylation sites (N-methyl/N-ethyl adjacent to an activating group) is 1. The van der Waals surface area contributed by atoms with Crippen LogP contribution in [0.4, 0.5) is 5.69 Å². The molecular weight excluding hydrogens is 300 g/mol. The number of pyridine rings is 1. The molecule has 2 fully saturated rings. The zero-order valence-electron chi connectivity index (χ0n) is 15.3. The second kappa shape index (κ2) is 7.09. The van der Waals surface area contributed by atoms with Gasteiger partial charge in [0.1, 0.15) is 0 Å². The molecule has 0 radical (unpaired) electrons. The highest BCUT2D eigenvalue weighted by atomic mass is 16.2. The van der Waals surface area contributed by atoms with Crippen LogP contribution in [0.3, 0.4) is 0 Å². The number of nitrogens with zero attached hydrogens (tertiary/aromatic N) is 4. The van der Waals surface area contributed by atoms with Crippen molar-refractivity contribution in [1.82, 2.24) is 14.8 Å². The minimum Gasteiger partial charge on any atom is -0.371 e. The zero-order valence-corrected chi connectivity index (χ0v) is 15.3. The lowest BCUT2D eigenvalue weighted by atomic mass is 9.73. The Morgan fingerprint density at radius 1 is 1.29 bits per heavy atom. The first kappa shape index (κ1) is 17.2. The summed E-state index contributed by atoms with van der Waals surface area (Å²) in [6, 6.07) is 4.29. The molecule has 0 bridgehead atoms. The van der Waals surface area contributed by atoms with Crippen molar-refractivity contribution in [3.8, 4) is 0 Å². The van der Waals surface area contributed by atoms with Crippen molar-refractivity contribution in [2.75, 3.05) is 51.7 Å². The van der Waals surface area contributed by atoms with Gasteiger partial charge in [0.2, 0.25) is 5.91 Å². The number of likely N-dealkylation sites (tertiary alicyclic amines) is 1. The molecule has 1 spiro atoms. The van der Waals surface area contributed by atoms with E-state index < -0.39 is 0 Å². The van der Waals surface area contributed by atoms with Gasteiger partial charge in [0.05, 0.1) is 0 Å². The van der Waals surface area contributed by atoms with Crippen LogP contribution < -0.4 is 4.90 Å². The summed E-state index contributed by atoms with van der Waals surface area (Å²) >= 11 is 0. The second-order valence-electron chi connectivity index (χ2n) is 7.80. The topological polar surface area (TPSA) is 39.7 Å². The Balaban J connectivity index is 1.71. The number of amides is 1. The Hall–Kier alpha value is -1.62. The van der Waals surface area contributed by atoms with E-state index in [1.807, 2.05) is 13.1 Å². The molecule has 1 aromatic rings. The molecule has 5 heteroatoms. The van der Waals surface area contributed by atoms with Crippen molar-refractivity contribution in [2.24, 2.45) is 5.41 Å². The molecule has 1 amide bonds. The predicted octanol–water partition coefficient (Wildman–Crippen LogP) is 2.16. The molecule has 0 aliphatic carbocycles. The Morgan fingerprint density at radius 3 is 2.88 bits per heavy atom. The molecule has 2 aliphatic rings. The third-order valence-corrected chi connectivity index (χ3v) is 5.47. The van der Waals surface area contributed by atoms with Crippen LogP contribution in [0.1, 0.15) is 31.4 Å². The Morgan fingerprint density at radius 2 is 2.12 bits per heavy atom. The van der Waals surface area contributed by atoms with Gasteiger partial charge in [-0.3, -0.25) is 9.78 Å². The van der Waals surface area contributed by atoms with Crippen LogP contribution in [0.25, 0.3) is 0 Å². The number of carbonyl (C=O) groups is 1. The van der Waals surface area contributed by atoms with Crippen LogP contribution in [-0.4, -0.2) is 67.5 Å². The van der Waals surface area contributed by atoms with Crippen LogP contribution in [0.5, 0.6) is 0 Å². The van der Waals surface area contributed by atoms with Gasteiger partial charge in [-0.15, -0.1) is 0 Å². The highest BCUT2D eigenvalue weighted by Gasteiger charge is 2.41. The van der Waals surface area contributed by atoms with Gasteiger partial charge in [-0.05, 0) is 52.4 Å². The molecule has 0 aromatic carbocycles. The number of piperidine rings is 2. The molecule has 0 unspecified atom stereocenters. The maximum absolute atomic E-state index is 12.3. The molecule has 3 rings (SSSR count). The van der Waals surface area contributed by atoms with Crippen molar-refractivity contribution >= 4 is 11.6 Å². The summed E-state index contributed by atoms with van der Waals surface area (Å²) in [6.45, 7) is 6.92. The van der Waals surface area contributed by atoms with Crippen molar-refractivity contribution in [2.45, 2.75) is 32.6 Å². The average molecular weight is 330 g/mol. The van der Waals surface area contributed by atoms with Crippen LogP contribution in [0.2, 0.25) is 0 Å². The smallest absolute Gasteiger partial charge is 0.222 e. The summed E-state index contributed by atoms with van der Waals surface area (Å²) in [4.78, 5) is 23.4. The van der Waals surface area contributed by atoms with E-state index in [-0.39, 0.29) is 5.41 Å². The highest BCUT2D eigenvalue weighted by molar-refractivity contribution is 5.77. The van der Waals surface area contributed by atoms with E-state index >= 15 is 0 Å². The molecule has 3 heterocycles. The first-order valence-electron chi connectivity index (χ1n) is 9.08. The van der Waals surface area contributed by atoms with Crippen LogP contribution in [0.15, 0.2) is 18.3 Å². The number of carbonyl (C=O) groups excluding carboxylic acids is 1. The first-order valence-corrected chi connectivity index (χ1v) is 9.08. The highest BCUT2D eigenvalue weighted by Crippen LogP contribution is 2.40. The third kappa shape index (κ3) is 3.89. The zero-order chi connectivity index (χ0) is 17.2. The van der Waals surface area contributed by atoms with E-state index in [1.54, 1.807) is 0 Å². The standard InChI is InChI=1S/C19H30N4O/c1-16-13-17(6-9-20-16)22-10-4-7-19(14-22)8-5-18(24)23(15-19)12-11-21(2)3/h6,9,13H,4-5,7-8,10-12,14-15H2,1-3H3/t19-/m1/s1. The summed E-state index contributed by atoms with van der Waals surface area (Å²) in [5, 5.41) is 0. The van der Waals surface area contributed by atoms with Crippen molar-refractivity contribution < 1.29 is 4.79 Å². The Labute approximate surface area is 145 Å². The average Bonchev–Trinajstić information content (AvgIpc) is 2.56. The van der Waals surface area contributed by atoms with Gasteiger partial charge >= 0.3 is 0 Å². The van der Waals surface area contributed by atoms with Crippen LogP contribution >= 0.6 is 0 Å². The number of aromatic nitrogens is 1. The van der Waals surface area contributed by atoms with E-state index in [2.05, 4.69) is 45.9 Å². The van der Waals surface area contributed by atoms with Gasteiger partial charge in [-0.25, -0.2) is 0 Å². The second-order valence-corrected chi connectivity index (χ2v) is 7.80. The number of aryl methyl sites for hydroxylation is 1. The molecule has 1 atom stereocenters. The van der Waals surface area contributed by atoms with Gasteiger partial charge in [0, 0.05) is 62.1 Å². The van der Waals surface area contributed by atoms with Crippen LogP contribution in [0, 0.1) is 12.3 Å². The number of rotatable bonds is 4. The molecule has 132 valence electrons.